The highest BCUT2D eigenvalue weighted by molar-refractivity contribution is 5.63. The molecule has 0 aliphatic heterocycles. The Morgan fingerprint density at radius 1 is 0.781 bits per heavy atom. The number of hydrogen-bond donors (Lipinski definition) is 2. The van der Waals surface area contributed by atoms with Gasteiger partial charge < -0.3 is 24.5 Å². The summed E-state index contributed by atoms with van der Waals surface area (Å²) in [7, 11) is 1.61. The second-order valence-electron chi connectivity index (χ2n) is 7.41. The van der Waals surface area contributed by atoms with Crippen molar-refractivity contribution in [2.45, 2.75) is 37.9 Å². The summed E-state index contributed by atoms with van der Waals surface area (Å²) in [5, 5.41) is 23.5. The number of hydrogen-bond acceptors (Lipinski definition) is 6. The molecule has 3 aromatic carbocycles. The first-order valence-electron chi connectivity index (χ1n) is 10.5. The lowest BCUT2D eigenvalue weighted by Gasteiger charge is -2.29. The largest absolute Gasteiger partial charge is 0.497 e. The summed E-state index contributed by atoms with van der Waals surface area (Å²) in [6.45, 7) is 0.577. The number of ether oxygens (including phenoxy) is 3. The normalized spacial score (nSPS) is 14.2. The standard InChI is InChI=1S/C26H29NO5/c1-30-23-14-12-20(13-15-23)16-24(28)26(32-19-22-10-6-3-7-11-22)25(17-27-29)31-18-21-8-4-2-5-9-21/h2-15,17,24-26,28-29H,16,18-19H2,1H3/b27-17+/t24-,25-,26-/m0/s1. The van der Waals surface area contributed by atoms with Crippen LogP contribution in [0.1, 0.15) is 16.7 Å². The van der Waals surface area contributed by atoms with Gasteiger partial charge in [0, 0.05) is 6.42 Å². The van der Waals surface area contributed by atoms with Gasteiger partial charge in [0.15, 0.2) is 0 Å². The smallest absolute Gasteiger partial charge is 0.125 e. The van der Waals surface area contributed by atoms with Crippen LogP contribution in [-0.2, 0) is 29.1 Å². The number of nitrogens with zero attached hydrogens (tertiary/aromatic N) is 1. The highest BCUT2D eigenvalue weighted by atomic mass is 16.5. The van der Waals surface area contributed by atoms with E-state index < -0.39 is 18.3 Å². The molecule has 0 saturated carbocycles. The van der Waals surface area contributed by atoms with Gasteiger partial charge in [0.05, 0.1) is 32.6 Å². The Bertz CT molecular complexity index is 931. The van der Waals surface area contributed by atoms with Crippen LogP contribution >= 0.6 is 0 Å². The van der Waals surface area contributed by atoms with E-state index in [4.69, 9.17) is 14.2 Å². The van der Waals surface area contributed by atoms with Gasteiger partial charge >= 0.3 is 0 Å². The zero-order valence-electron chi connectivity index (χ0n) is 18.1. The third-order valence-corrected chi connectivity index (χ3v) is 5.09. The summed E-state index contributed by atoms with van der Waals surface area (Å²) in [5.41, 5.74) is 2.86. The zero-order valence-corrected chi connectivity index (χ0v) is 18.1. The van der Waals surface area contributed by atoms with Crippen molar-refractivity contribution < 1.29 is 24.5 Å². The molecular formula is C26H29NO5. The number of methoxy groups -OCH3 is 1. The number of oxime groups is 1. The summed E-state index contributed by atoms with van der Waals surface area (Å²) in [4.78, 5) is 0. The van der Waals surface area contributed by atoms with Crippen LogP contribution in [0, 0.1) is 0 Å². The molecular weight excluding hydrogens is 406 g/mol. The molecule has 0 radical (unpaired) electrons. The molecule has 0 unspecified atom stereocenters. The molecule has 3 rings (SSSR count). The van der Waals surface area contributed by atoms with Crippen molar-refractivity contribution in [2.75, 3.05) is 7.11 Å². The Morgan fingerprint density at radius 3 is 1.88 bits per heavy atom. The van der Waals surface area contributed by atoms with Crippen LogP contribution in [0.2, 0.25) is 0 Å². The van der Waals surface area contributed by atoms with E-state index in [2.05, 4.69) is 5.16 Å². The van der Waals surface area contributed by atoms with Gasteiger partial charge in [0.1, 0.15) is 18.0 Å². The molecule has 0 aliphatic carbocycles. The summed E-state index contributed by atoms with van der Waals surface area (Å²) < 4.78 is 17.3. The summed E-state index contributed by atoms with van der Waals surface area (Å²) >= 11 is 0. The minimum absolute atomic E-state index is 0.287. The fraction of sp³-hybridized carbons (Fsp3) is 0.269. The van der Waals surface area contributed by atoms with E-state index in [1.807, 2.05) is 84.9 Å². The Balaban J connectivity index is 1.75. The van der Waals surface area contributed by atoms with Crippen molar-refractivity contribution in [3.05, 3.63) is 102 Å². The van der Waals surface area contributed by atoms with Crippen LogP contribution < -0.4 is 4.74 Å². The van der Waals surface area contributed by atoms with Crippen LogP contribution in [0.25, 0.3) is 0 Å². The van der Waals surface area contributed by atoms with E-state index in [9.17, 15) is 10.3 Å². The van der Waals surface area contributed by atoms with Gasteiger partial charge in [-0.1, -0.05) is 78.0 Å². The van der Waals surface area contributed by atoms with Gasteiger partial charge in [-0.3, -0.25) is 0 Å². The molecule has 3 atom stereocenters. The zero-order chi connectivity index (χ0) is 22.6. The Kier molecular flexibility index (Phi) is 9.25. The van der Waals surface area contributed by atoms with Gasteiger partial charge in [0.2, 0.25) is 0 Å². The predicted molar refractivity (Wildman–Crippen MR) is 123 cm³/mol. The quantitative estimate of drug-likeness (QED) is 0.253. The second-order valence-corrected chi connectivity index (χ2v) is 7.41. The van der Waals surface area contributed by atoms with E-state index in [0.717, 1.165) is 22.4 Å². The van der Waals surface area contributed by atoms with Crippen molar-refractivity contribution in [3.8, 4) is 5.75 Å². The topological polar surface area (TPSA) is 80.5 Å². The Hall–Kier alpha value is -3.19. The molecule has 0 aliphatic rings. The maximum atomic E-state index is 11.1. The van der Waals surface area contributed by atoms with E-state index in [1.54, 1.807) is 7.11 Å². The number of aliphatic hydroxyl groups is 1. The summed E-state index contributed by atoms with van der Waals surface area (Å²) in [6.07, 6.45) is -0.802. The molecule has 3 aromatic rings. The van der Waals surface area contributed by atoms with E-state index in [-0.39, 0.29) is 13.2 Å². The van der Waals surface area contributed by atoms with Crippen molar-refractivity contribution in [1.82, 2.24) is 0 Å². The van der Waals surface area contributed by atoms with E-state index in [0.29, 0.717) is 6.42 Å². The average molecular weight is 436 g/mol. The van der Waals surface area contributed by atoms with Gasteiger partial charge in [-0.05, 0) is 28.8 Å². The lowest BCUT2D eigenvalue weighted by atomic mass is 10.00. The maximum Gasteiger partial charge on any atom is 0.125 e. The Labute approximate surface area is 188 Å². The fourth-order valence-corrected chi connectivity index (χ4v) is 3.37. The molecule has 0 bridgehead atoms. The highest BCUT2D eigenvalue weighted by Crippen LogP contribution is 2.19. The van der Waals surface area contributed by atoms with Crippen molar-refractivity contribution in [1.29, 1.82) is 0 Å². The van der Waals surface area contributed by atoms with Crippen LogP contribution in [0.15, 0.2) is 90.1 Å². The second kappa shape index (κ2) is 12.6. The van der Waals surface area contributed by atoms with Crippen molar-refractivity contribution in [2.24, 2.45) is 5.16 Å². The van der Waals surface area contributed by atoms with Crippen LogP contribution in [0.4, 0.5) is 0 Å². The molecule has 0 spiro atoms. The van der Waals surface area contributed by atoms with Crippen molar-refractivity contribution >= 4 is 6.21 Å². The third kappa shape index (κ3) is 7.20. The maximum absolute atomic E-state index is 11.1. The lowest BCUT2D eigenvalue weighted by molar-refractivity contribution is -0.108. The molecule has 32 heavy (non-hydrogen) atoms. The minimum atomic E-state index is -0.897. The molecule has 0 heterocycles. The van der Waals surface area contributed by atoms with Crippen LogP contribution in [0.5, 0.6) is 5.75 Å². The van der Waals surface area contributed by atoms with E-state index >= 15 is 0 Å². The van der Waals surface area contributed by atoms with Crippen LogP contribution in [0.3, 0.4) is 0 Å². The van der Waals surface area contributed by atoms with Crippen molar-refractivity contribution in [3.63, 3.8) is 0 Å². The molecule has 6 nitrogen and oxygen atoms in total. The lowest BCUT2D eigenvalue weighted by Crippen LogP contribution is -2.43. The fourth-order valence-electron chi connectivity index (χ4n) is 3.37. The number of benzene rings is 3. The summed E-state index contributed by atoms with van der Waals surface area (Å²) in [5.74, 6) is 0.747. The van der Waals surface area contributed by atoms with Crippen LogP contribution in [-0.4, -0.2) is 42.0 Å². The molecule has 0 aromatic heterocycles. The first-order chi connectivity index (χ1) is 15.7. The third-order valence-electron chi connectivity index (χ3n) is 5.09. The van der Waals surface area contributed by atoms with Gasteiger partial charge in [-0.25, -0.2) is 0 Å². The molecule has 168 valence electrons. The van der Waals surface area contributed by atoms with Gasteiger partial charge in [-0.15, -0.1) is 0 Å². The molecule has 6 heteroatoms. The van der Waals surface area contributed by atoms with Gasteiger partial charge in [0.25, 0.3) is 0 Å². The monoisotopic (exact) mass is 435 g/mol. The Morgan fingerprint density at radius 2 is 1.34 bits per heavy atom. The number of aliphatic hydroxyl groups excluding tert-OH is 1. The summed E-state index contributed by atoms with van der Waals surface area (Å²) in [6, 6.07) is 26.9. The first-order valence-corrected chi connectivity index (χ1v) is 10.5. The molecule has 0 saturated heterocycles. The predicted octanol–water partition coefficient (Wildman–Crippen LogP) is 4.23. The molecule has 0 fully saturated rings. The highest BCUT2D eigenvalue weighted by Gasteiger charge is 2.30. The van der Waals surface area contributed by atoms with E-state index in [1.165, 1.54) is 6.21 Å². The number of rotatable bonds is 12. The molecule has 2 N–H and O–H groups in total. The SMILES string of the molecule is COc1ccc(C[C@H](O)[C@H](OCc2ccccc2)[C@H](/C=N/O)OCc2ccccc2)cc1. The van der Waals surface area contributed by atoms with Gasteiger partial charge in [-0.2, -0.15) is 0 Å². The first kappa shape index (κ1) is 23.5. The minimum Gasteiger partial charge on any atom is -0.497 e. The molecule has 0 amide bonds. The average Bonchev–Trinajstić information content (AvgIpc) is 2.84.